The second kappa shape index (κ2) is 6.75. The molecular formula is C17H23N3OS. The number of hydrogen-bond donors (Lipinski definition) is 3. The molecule has 22 heavy (non-hydrogen) atoms. The summed E-state index contributed by atoms with van der Waals surface area (Å²) in [5, 5.41) is 7.68. The maximum Gasteiger partial charge on any atom is 0.221 e. The zero-order chi connectivity index (χ0) is 15.5. The van der Waals surface area contributed by atoms with Crippen molar-refractivity contribution in [1.29, 1.82) is 0 Å². The van der Waals surface area contributed by atoms with E-state index in [0.717, 1.165) is 29.1 Å². The third-order valence-corrected chi connectivity index (χ3v) is 5.42. The van der Waals surface area contributed by atoms with Crippen LogP contribution < -0.4 is 10.6 Å². The molecule has 3 N–H and O–H groups in total. The molecule has 1 atom stereocenters. The van der Waals surface area contributed by atoms with Gasteiger partial charge in [0.25, 0.3) is 0 Å². The fraction of sp³-hybridized carbons (Fsp3) is 0.471. The van der Waals surface area contributed by atoms with Crippen LogP contribution in [0.1, 0.15) is 23.2 Å². The molecule has 5 heteroatoms. The van der Waals surface area contributed by atoms with E-state index in [1.165, 1.54) is 16.6 Å². The lowest BCUT2D eigenvalue weighted by Gasteiger charge is -2.22. The zero-order valence-corrected chi connectivity index (χ0v) is 14.0. The molecule has 0 spiro atoms. The third kappa shape index (κ3) is 3.47. The van der Waals surface area contributed by atoms with Crippen molar-refractivity contribution in [3.8, 4) is 0 Å². The number of aromatic nitrogens is 1. The minimum atomic E-state index is 0.127. The van der Waals surface area contributed by atoms with Gasteiger partial charge in [-0.1, -0.05) is 6.07 Å². The molecule has 4 nitrogen and oxygen atoms in total. The lowest BCUT2D eigenvalue weighted by Crippen LogP contribution is -2.41. The first-order chi connectivity index (χ1) is 10.6. The van der Waals surface area contributed by atoms with Gasteiger partial charge in [-0.3, -0.25) is 4.79 Å². The molecule has 1 saturated heterocycles. The molecule has 1 amide bonds. The highest BCUT2D eigenvalue weighted by Crippen LogP contribution is 2.22. The Morgan fingerprint density at radius 2 is 2.27 bits per heavy atom. The van der Waals surface area contributed by atoms with Crippen LogP contribution >= 0.6 is 11.8 Å². The second-order valence-corrected chi connectivity index (χ2v) is 7.11. The summed E-state index contributed by atoms with van der Waals surface area (Å²) < 4.78 is 0. The predicted molar refractivity (Wildman–Crippen MR) is 93.4 cm³/mol. The Balaban J connectivity index is 1.58. The summed E-state index contributed by atoms with van der Waals surface area (Å²) in [6, 6.07) is 6.65. The number of carbonyl (C=O) groups is 1. The number of aromatic amines is 1. The molecule has 1 aliphatic rings. The SMILES string of the molecule is Cc1[nH]c2ccc(CNC(=O)CC3CSCCN3)cc2c1C. The summed E-state index contributed by atoms with van der Waals surface area (Å²) in [6.45, 7) is 5.82. The largest absolute Gasteiger partial charge is 0.358 e. The summed E-state index contributed by atoms with van der Waals surface area (Å²) in [7, 11) is 0. The van der Waals surface area contributed by atoms with Crippen LogP contribution in [0.3, 0.4) is 0 Å². The number of benzene rings is 1. The Bertz CT molecular complexity index is 674. The molecule has 0 bridgehead atoms. The maximum atomic E-state index is 12.1. The van der Waals surface area contributed by atoms with Gasteiger partial charge in [0, 0.05) is 53.7 Å². The lowest BCUT2D eigenvalue weighted by atomic mass is 10.1. The zero-order valence-electron chi connectivity index (χ0n) is 13.2. The Hall–Kier alpha value is -1.46. The van der Waals surface area contributed by atoms with E-state index in [0.29, 0.717) is 19.0 Å². The fourth-order valence-electron chi connectivity index (χ4n) is 2.87. The number of carbonyl (C=O) groups excluding carboxylic acids is 1. The lowest BCUT2D eigenvalue weighted by molar-refractivity contribution is -0.121. The Morgan fingerprint density at radius 3 is 3.05 bits per heavy atom. The van der Waals surface area contributed by atoms with Gasteiger partial charge in [-0.05, 0) is 37.1 Å². The number of hydrogen-bond acceptors (Lipinski definition) is 3. The molecule has 0 saturated carbocycles. The summed E-state index contributed by atoms with van der Waals surface area (Å²) in [6.07, 6.45) is 0.567. The summed E-state index contributed by atoms with van der Waals surface area (Å²) in [4.78, 5) is 15.4. The third-order valence-electron chi connectivity index (χ3n) is 4.29. The van der Waals surface area contributed by atoms with Crippen molar-refractivity contribution in [3.05, 3.63) is 35.0 Å². The number of H-pyrrole nitrogens is 1. The molecule has 2 heterocycles. The summed E-state index contributed by atoms with van der Waals surface area (Å²) in [5.74, 6) is 2.30. The summed E-state index contributed by atoms with van der Waals surface area (Å²) >= 11 is 1.92. The van der Waals surface area contributed by atoms with E-state index in [2.05, 4.69) is 47.7 Å². The highest BCUT2D eigenvalue weighted by atomic mass is 32.2. The van der Waals surface area contributed by atoms with Crippen LogP contribution in [0, 0.1) is 13.8 Å². The average molecular weight is 317 g/mol. The van der Waals surface area contributed by atoms with Crippen LogP contribution in [0.15, 0.2) is 18.2 Å². The van der Waals surface area contributed by atoms with Gasteiger partial charge in [0.15, 0.2) is 0 Å². The highest BCUT2D eigenvalue weighted by molar-refractivity contribution is 7.99. The second-order valence-electron chi connectivity index (χ2n) is 5.96. The Kier molecular flexibility index (Phi) is 4.74. The van der Waals surface area contributed by atoms with E-state index < -0.39 is 0 Å². The van der Waals surface area contributed by atoms with Crippen LogP contribution in [-0.2, 0) is 11.3 Å². The van der Waals surface area contributed by atoms with E-state index in [-0.39, 0.29) is 5.91 Å². The van der Waals surface area contributed by atoms with Gasteiger partial charge >= 0.3 is 0 Å². The predicted octanol–water partition coefficient (Wildman–Crippen LogP) is 2.50. The van der Waals surface area contributed by atoms with Crippen LogP contribution in [-0.4, -0.2) is 35.0 Å². The topological polar surface area (TPSA) is 56.9 Å². The minimum absolute atomic E-state index is 0.127. The van der Waals surface area contributed by atoms with Crippen molar-refractivity contribution < 1.29 is 4.79 Å². The first-order valence-corrected chi connectivity index (χ1v) is 8.94. The molecule has 118 valence electrons. The molecule has 1 fully saturated rings. The molecule has 1 aromatic carbocycles. The van der Waals surface area contributed by atoms with Gasteiger partial charge in [-0.2, -0.15) is 11.8 Å². The molecule has 3 rings (SSSR count). The molecular weight excluding hydrogens is 294 g/mol. The molecule has 0 radical (unpaired) electrons. The number of nitrogens with one attached hydrogen (secondary N) is 3. The monoisotopic (exact) mass is 317 g/mol. The smallest absolute Gasteiger partial charge is 0.221 e. The van der Waals surface area contributed by atoms with Crippen molar-refractivity contribution >= 4 is 28.6 Å². The molecule has 1 aliphatic heterocycles. The molecule has 2 aromatic rings. The van der Waals surface area contributed by atoms with Crippen LogP contribution in [0.25, 0.3) is 10.9 Å². The van der Waals surface area contributed by atoms with Crippen molar-refractivity contribution in [2.75, 3.05) is 18.1 Å². The van der Waals surface area contributed by atoms with Gasteiger partial charge in [0.2, 0.25) is 5.91 Å². The van der Waals surface area contributed by atoms with Crippen LogP contribution in [0.5, 0.6) is 0 Å². The minimum Gasteiger partial charge on any atom is -0.358 e. The van der Waals surface area contributed by atoms with Crippen LogP contribution in [0.2, 0.25) is 0 Å². The van der Waals surface area contributed by atoms with E-state index in [9.17, 15) is 4.79 Å². The highest BCUT2D eigenvalue weighted by Gasteiger charge is 2.16. The Labute approximate surface area is 135 Å². The maximum absolute atomic E-state index is 12.1. The number of thioether (sulfide) groups is 1. The van der Waals surface area contributed by atoms with Crippen molar-refractivity contribution in [3.63, 3.8) is 0 Å². The van der Waals surface area contributed by atoms with Crippen LogP contribution in [0.4, 0.5) is 0 Å². The fourth-order valence-corrected chi connectivity index (χ4v) is 3.81. The first kappa shape index (κ1) is 15.4. The van der Waals surface area contributed by atoms with Crippen molar-refractivity contribution in [2.45, 2.75) is 32.9 Å². The number of rotatable bonds is 4. The number of aryl methyl sites for hydroxylation is 2. The van der Waals surface area contributed by atoms with E-state index >= 15 is 0 Å². The summed E-state index contributed by atoms with van der Waals surface area (Å²) in [5.41, 5.74) is 4.80. The molecule has 1 aromatic heterocycles. The van der Waals surface area contributed by atoms with Crippen molar-refractivity contribution in [2.24, 2.45) is 0 Å². The quantitative estimate of drug-likeness (QED) is 0.812. The van der Waals surface area contributed by atoms with Crippen molar-refractivity contribution in [1.82, 2.24) is 15.6 Å². The van der Waals surface area contributed by atoms with Gasteiger partial charge in [0.1, 0.15) is 0 Å². The first-order valence-electron chi connectivity index (χ1n) is 7.79. The molecule has 1 unspecified atom stereocenters. The van der Waals surface area contributed by atoms with Gasteiger partial charge < -0.3 is 15.6 Å². The van der Waals surface area contributed by atoms with Gasteiger partial charge in [-0.15, -0.1) is 0 Å². The van der Waals surface area contributed by atoms with E-state index in [1.54, 1.807) is 0 Å². The average Bonchev–Trinajstić information content (AvgIpc) is 2.81. The standard InChI is InChI=1S/C17H23N3OS/c1-11-12(2)20-16-4-3-13(7-15(11)16)9-19-17(21)8-14-10-22-6-5-18-14/h3-4,7,14,18,20H,5-6,8-10H2,1-2H3,(H,19,21). The Morgan fingerprint density at radius 1 is 1.41 bits per heavy atom. The number of fused-ring (bicyclic) bond motifs is 1. The van der Waals surface area contributed by atoms with E-state index in [1.807, 2.05) is 11.8 Å². The normalized spacial score (nSPS) is 18.5. The van der Waals surface area contributed by atoms with Gasteiger partial charge in [-0.25, -0.2) is 0 Å². The molecule has 0 aliphatic carbocycles. The van der Waals surface area contributed by atoms with Gasteiger partial charge in [0.05, 0.1) is 0 Å². The number of amides is 1. The van der Waals surface area contributed by atoms with E-state index in [4.69, 9.17) is 0 Å².